The van der Waals surface area contributed by atoms with Gasteiger partial charge in [0.05, 0.1) is 10.6 Å². The number of anilines is 3. The minimum atomic E-state index is -0.895. The van der Waals surface area contributed by atoms with Crippen molar-refractivity contribution in [3.05, 3.63) is 64.7 Å². The minimum absolute atomic E-state index is 0.156. The van der Waals surface area contributed by atoms with Crippen LogP contribution in [0.3, 0.4) is 0 Å². The molecule has 3 aromatic rings. The zero-order chi connectivity index (χ0) is 20.1. The largest absolute Gasteiger partial charge is 0.352 e. The van der Waals surface area contributed by atoms with Gasteiger partial charge in [-0.25, -0.2) is 4.98 Å². The van der Waals surface area contributed by atoms with Crippen molar-refractivity contribution in [2.24, 2.45) is 0 Å². The molecule has 144 valence electrons. The van der Waals surface area contributed by atoms with Gasteiger partial charge in [0, 0.05) is 41.8 Å². The van der Waals surface area contributed by atoms with Crippen molar-refractivity contribution >= 4 is 23.1 Å². The molecule has 0 aliphatic rings. The number of nitro benzene ring substituents is 1. The van der Waals surface area contributed by atoms with E-state index in [-0.39, 0.29) is 6.04 Å². The lowest BCUT2D eigenvalue weighted by atomic mass is 10.2. The van der Waals surface area contributed by atoms with Crippen LogP contribution in [-0.2, 0) is 0 Å². The molecule has 1 aromatic carbocycles. The highest BCUT2D eigenvalue weighted by Crippen LogP contribution is 2.26. The van der Waals surface area contributed by atoms with Gasteiger partial charge in [-0.2, -0.15) is 9.37 Å². The van der Waals surface area contributed by atoms with E-state index in [0.29, 0.717) is 23.1 Å². The van der Waals surface area contributed by atoms with Crippen LogP contribution in [-0.4, -0.2) is 25.9 Å². The first-order chi connectivity index (χ1) is 13.5. The number of nitro groups is 1. The lowest BCUT2D eigenvalue weighted by molar-refractivity contribution is -0.387. The molecule has 0 amide bonds. The highest BCUT2D eigenvalue weighted by atomic mass is 19.1. The van der Waals surface area contributed by atoms with Gasteiger partial charge >= 0.3 is 5.69 Å². The third kappa shape index (κ3) is 4.56. The van der Waals surface area contributed by atoms with Gasteiger partial charge in [0.2, 0.25) is 11.8 Å². The van der Waals surface area contributed by atoms with Gasteiger partial charge in [-0.1, -0.05) is 6.92 Å². The fourth-order valence-corrected chi connectivity index (χ4v) is 2.44. The van der Waals surface area contributed by atoms with Crippen LogP contribution >= 0.6 is 0 Å². The van der Waals surface area contributed by atoms with E-state index in [0.717, 1.165) is 24.1 Å². The predicted molar refractivity (Wildman–Crippen MR) is 105 cm³/mol. The molecule has 9 heteroatoms. The normalized spacial score (nSPS) is 11.7. The monoisotopic (exact) mass is 382 g/mol. The molecule has 8 nitrogen and oxygen atoms in total. The lowest BCUT2D eigenvalue weighted by Gasteiger charge is -2.14. The highest BCUT2D eigenvalue weighted by Gasteiger charge is 2.15. The zero-order valence-corrected chi connectivity index (χ0v) is 15.4. The fraction of sp³-hybridized carbons (Fsp3) is 0.211. The number of pyridine rings is 1. The van der Waals surface area contributed by atoms with E-state index in [1.165, 1.54) is 6.07 Å². The maximum atomic E-state index is 13.6. The molecule has 0 bridgehead atoms. The number of halogens is 1. The van der Waals surface area contributed by atoms with Crippen LogP contribution in [0.15, 0.2) is 48.8 Å². The Hall–Kier alpha value is -3.62. The van der Waals surface area contributed by atoms with E-state index < -0.39 is 16.4 Å². The molecule has 28 heavy (non-hydrogen) atoms. The van der Waals surface area contributed by atoms with Crippen molar-refractivity contribution in [1.82, 2.24) is 15.0 Å². The molecule has 0 radical (unpaired) electrons. The van der Waals surface area contributed by atoms with E-state index in [4.69, 9.17) is 0 Å². The Labute approximate surface area is 161 Å². The smallest absolute Gasteiger partial charge is 0.306 e. The van der Waals surface area contributed by atoms with Gasteiger partial charge in [-0.05, 0) is 37.6 Å². The van der Waals surface area contributed by atoms with Crippen LogP contribution in [0.25, 0.3) is 11.3 Å². The second-order valence-electron chi connectivity index (χ2n) is 6.21. The van der Waals surface area contributed by atoms with Crippen molar-refractivity contribution in [3.8, 4) is 11.3 Å². The minimum Gasteiger partial charge on any atom is -0.352 e. The van der Waals surface area contributed by atoms with E-state index in [2.05, 4.69) is 25.6 Å². The lowest BCUT2D eigenvalue weighted by Crippen LogP contribution is -2.16. The SMILES string of the molecule is CC[C@@H](C)Nc1nc(Nc2ccc(F)c([N+](=O)[O-])c2)cc(-c2cccnc2)n1. The molecule has 3 rings (SSSR count). The molecule has 2 aromatic heterocycles. The summed E-state index contributed by atoms with van der Waals surface area (Å²) < 4.78 is 13.6. The number of hydrogen-bond donors (Lipinski definition) is 2. The van der Waals surface area contributed by atoms with Crippen LogP contribution in [0.1, 0.15) is 20.3 Å². The van der Waals surface area contributed by atoms with Crippen LogP contribution in [0, 0.1) is 15.9 Å². The molecule has 1 atom stereocenters. The Kier molecular flexibility index (Phi) is 5.73. The van der Waals surface area contributed by atoms with Gasteiger partial charge in [0.1, 0.15) is 5.82 Å². The third-order valence-corrected chi connectivity index (χ3v) is 4.09. The van der Waals surface area contributed by atoms with Crippen LogP contribution in [0.4, 0.5) is 27.5 Å². The second-order valence-corrected chi connectivity index (χ2v) is 6.21. The summed E-state index contributed by atoms with van der Waals surface area (Å²) in [6, 6.07) is 9.11. The van der Waals surface area contributed by atoms with Crippen LogP contribution < -0.4 is 10.6 Å². The molecule has 2 N–H and O–H groups in total. The van der Waals surface area contributed by atoms with E-state index >= 15 is 0 Å². The van der Waals surface area contributed by atoms with Gasteiger partial charge in [-0.3, -0.25) is 15.1 Å². The Morgan fingerprint density at radius 3 is 2.75 bits per heavy atom. The van der Waals surface area contributed by atoms with Gasteiger partial charge in [-0.15, -0.1) is 0 Å². The second kappa shape index (κ2) is 8.38. The Morgan fingerprint density at radius 1 is 1.25 bits per heavy atom. The molecule has 0 spiro atoms. The van der Waals surface area contributed by atoms with Gasteiger partial charge in [0.25, 0.3) is 0 Å². The molecule has 0 aliphatic heterocycles. The average Bonchev–Trinajstić information content (AvgIpc) is 2.69. The quantitative estimate of drug-likeness (QED) is 0.456. The van der Waals surface area contributed by atoms with E-state index in [9.17, 15) is 14.5 Å². The number of hydrogen-bond acceptors (Lipinski definition) is 7. The third-order valence-electron chi connectivity index (χ3n) is 4.09. The summed E-state index contributed by atoms with van der Waals surface area (Å²) in [4.78, 5) is 23.3. The first-order valence-electron chi connectivity index (χ1n) is 8.73. The number of benzene rings is 1. The Balaban J connectivity index is 1.98. The molecule has 0 unspecified atom stereocenters. The topological polar surface area (TPSA) is 106 Å². The fourth-order valence-electron chi connectivity index (χ4n) is 2.44. The van der Waals surface area contributed by atoms with Crippen LogP contribution in [0.5, 0.6) is 0 Å². The number of aromatic nitrogens is 3. The summed E-state index contributed by atoms with van der Waals surface area (Å²) in [7, 11) is 0. The molecule has 2 heterocycles. The Morgan fingerprint density at radius 2 is 2.07 bits per heavy atom. The first kappa shape index (κ1) is 19.2. The predicted octanol–water partition coefficient (Wildman–Crippen LogP) is 4.54. The molecular formula is C19H19FN6O2. The molecule has 0 aliphatic carbocycles. The van der Waals surface area contributed by atoms with Crippen molar-refractivity contribution in [2.45, 2.75) is 26.3 Å². The first-order valence-corrected chi connectivity index (χ1v) is 8.73. The van der Waals surface area contributed by atoms with Crippen molar-refractivity contribution in [2.75, 3.05) is 10.6 Å². The molecular weight excluding hydrogens is 363 g/mol. The number of nitrogens with zero attached hydrogens (tertiary/aromatic N) is 4. The molecule has 0 saturated carbocycles. The number of nitrogens with one attached hydrogen (secondary N) is 2. The molecule has 0 fully saturated rings. The summed E-state index contributed by atoms with van der Waals surface area (Å²) in [5.74, 6) is -0.0659. The summed E-state index contributed by atoms with van der Waals surface area (Å²) in [6.07, 6.45) is 4.23. The highest BCUT2D eigenvalue weighted by molar-refractivity contribution is 5.67. The van der Waals surface area contributed by atoms with Crippen molar-refractivity contribution < 1.29 is 9.31 Å². The number of rotatable bonds is 7. The standard InChI is InChI=1S/C19H19FN6O2/c1-3-12(2)22-19-24-16(13-5-4-8-21-11-13)10-18(25-19)23-14-6-7-15(20)17(9-14)26(27)28/h4-12H,3H2,1-2H3,(H2,22,23,24,25)/t12-/m1/s1. The zero-order valence-electron chi connectivity index (χ0n) is 15.4. The average molecular weight is 382 g/mol. The summed E-state index contributed by atoms with van der Waals surface area (Å²) >= 11 is 0. The van der Waals surface area contributed by atoms with Gasteiger partial charge in [0.15, 0.2) is 0 Å². The van der Waals surface area contributed by atoms with Gasteiger partial charge < -0.3 is 10.6 Å². The summed E-state index contributed by atoms with van der Waals surface area (Å²) in [5, 5.41) is 17.2. The van der Waals surface area contributed by atoms with E-state index in [1.54, 1.807) is 24.5 Å². The maximum Gasteiger partial charge on any atom is 0.306 e. The van der Waals surface area contributed by atoms with Crippen molar-refractivity contribution in [1.29, 1.82) is 0 Å². The van der Waals surface area contributed by atoms with Crippen molar-refractivity contribution in [3.63, 3.8) is 0 Å². The maximum absolute atomic E-state index is 13.6. The van der Waals surface area contributed by atoms with Crippen LogP contribution in [0.2, 0.25) is 0 Å². The Bertz CT molecular complexity index is 983. The molecule has 0 saturated heterocycles. The summed E-state index contributed by atoms with van der Waals surface area (Å²) in [5.41, 5.74) is 1.17. The van der Waals surface area contributed by atoms with E-state index in [1.807, 2.05) is 19.9 Å². The summed E-state index contributed by atoms with van der Waals surface area (Å²) in [6.45, 7) is 4.05.